The lowest BCUT2D eigenvalue weighted by molar-refractivity contribution is -0.190. The van der Waals surface area contributed by atoms with Crippen LogP contribution < -0.4 is 0 Å². The summed E-state index contributed by atoms with van der Waals surface area (Å²) in [7, 11) is 0. The molecular formula is C32H38O4. The van der Waals surface area contributed by atoms with Crippen LogP contribution in [0, 0.1) is 0 Å². The summed E-state index contributed by atoms with van der Waals surface area (Å²) >= 11 is 0. The number of ether oxygens (including phenoxy) is 3. The molecule has 0 aliphatic carbocycles. The fourth-order valence-corrected chi connectivity index (χ4v) is 4.13. The first-order valence-corrected chi connectivity index (χ1v) is 12.5. The third-order valence-electron chi connectivity index (χ3n) is 6.10. The Kier molecular flexibility index (Phi) is 11.6. The van der Waals surface area contributed by atoms with E-state index in [-0.39, 0.29) is 6.61 Å². The van der Waals surface area contributed by atoms with Gasteiger partial charge in [0, 0.05) is 0 Å². The SMILES string of the molecule is C=CCCC[C@@](O)(COCc1ccccc1)[C@@H](OCc1ccccc1)[C@@H](C=C)OCc1ccccc1. The van der Waals surface area contributed by atoms with Crippen molar-refractivity contribution in [2.75, 3.05) is 6.61 Å². The number of aliphatic hydroxyl groups is 1. The Morgan fingerprint density at radius 1 is 0.722 bits per heavy atom. The van der Waals surface area contributed by atoms with E-state index in [1.165, 1.54) is 0 Å². The summed E-state index contributed by atoms with van der Waals surface area (Å²) in [5.74, 6) is 0. The van der Waals surface area contributed by atoms with Crippen LogP contribution in [0.3, 0.4) is 0 Å². The number of rotatable bonds is 17. The molecule has 3 rings (SSSR count). The molecule has 0 aliphatic heterocycles. The monoisotopic (exact) mass is 486 g/mol. The topological polar surface area (TPSA) is 47.9 Å². The zero-order chi connectivity index (χ0) is 25.5. The Balaban J connectivity index is 1.80. The van der Waals surface area contributed by atoms with Gasteiger partial charge in [-0.15, -0.1) is 13.2 Å². The highest BCUT2D eigenvalue weighted by atomic mass is 16.6. The third kappa shape index (κ3) is 8.89. The Hall–Kier alpha value is -3.02. The molecule has 0 saturated carbocycles. The Labute approximate surface area is 215 Å². The summed E-state index contributed by atoms with van der Waals surface area (Å²) in [5.41, 5.74) is 1.82. The first kappa shape index (κ1) is 27.6. The van der Waals surface area contributed by atoms with E-state index in [1.807, 2.05) is 97.1 Å². The van der Waals surface area contributed by atoms with Gasteiger partial charge in [0.15, 0.2) is 0 Å². The lowest BCUT2D eigenvalue weighted by atomic mass is 9.87. The second kappa shape index (κ2) is 15.2. The van der Waals surface area contributed by atoms with Crippen molar-refractivity contribution in [1.82, 2.24) is 0 Å². The molecule has 0 unspecified atom stereocenters. The minimum atomic E-state index is -1.29. The fourth-order valence-electron chi connectivity index (χ4n) is 4.13. The van der Waals surface area contributed by atoms with Gasteiger partial charge in [-0.3, -0.25) is 0 Å². The predicted octanol–water partition coefficient (Wildman–Crippen LogP) is 6.65. The van der Waals surface area contributed by atoms with Crippen molar-refractivity contribution < 1.29 is 19.3 Å². The van der Waals surface area contributed by atoms with Gasteiger partial charge >= 0.3 is 0 Å². The second-order valence-corrected chi connectivity index (χ2v) is 8.98. The van der Waals surface area contributed by atoms with Gasteiger partial charge < -0.3 is 19.3 Å². The molecule has 1 N–H and O–H groups in total. The Morgan fingerprint density at radius 3 is 1.72 bits per heavy atom. The predicted molar refractivity (Wildman–Crippen MR) is 145 cm³/mol. The number of allylic oxidation sites excluding steroid dienone is 1. The average Bonchev–Trinajstić information content (AvgIpc) is 2.92. The quantitative estimate of drug-likeness (QED) is 0.171. The van der Waals surface area contributed by atoms with E-state index in [2.05, 4.69) is 13.2 Å². The molecule has 3 aromatic rings. The van der Waals surface area contributed by atoms with Crippen molar-refractivity contribution >= 4 is 0 Å². The van der Waals surface area contributed by atoms with Gasteiger partial charge in [0.2, 0.25) is 0 Å². The minimum absolute atomic E-state index is 0.109. The van der Waals surface area contributed by atoms with Gasteiger partial charge in [-0.05, 0) is 36.0 Å². The average molecular weight is 487 g/mol. The van der Waals surface area contributed by atoms with Crippen LogP contribution in [0.25, 0.3) is 0 Å². The molecule has 0 fully saturated rings. The molecule has 0 saturated heterocycles. The van der Waals surface area contributed by atoms with E-state index in [0.29, 0.717) is 26.2 Å². The molecular weight excluding hydrogens is 448 g/mol. The van der Waals surface area contributed by atoms with Crippen molar-refractivity contribution in [3.05, 3.63) is 133 Å². The molecule has 4 nitrogen and oxygen atoms in total. The van der Waals surface area contributed by atoms with E-state index in [0.717, 1.165) is 29.5 Å². The van der Waals surface area contributed by atoms with Gasteiger partial charge in [-0.1, -0.05) is 103 Å². The zero-order valence-electron chi connectivity index (χ0n) is 21.0. The van der Waals surface area contributed by atoms with E-state index >= 15 is 0 Å². The smallest absolute Gasteiger partial charge is 0.119 e. The summed E-state index contributed by atoms with van der Waals surface area (Å²) in [4.78, 5) is 0. The molecule has 0 aromatic heterocycles. The number of hydrogen-bond acceptors (Lipinski definition) is 4. The van der Waals surface area contributed by atoms with E-state index in [4.69, 9.17) is 14.2 Å². The van der Waals surface area contributed by atoms with Gasteiger partial charge in [-0.2, -0.15) is 0 Å². The van der Waals surface area contributed by atoms with Crippen LogP contribution >= 0.6 is 0 Å². The Bertz CT molecular complexity index is 1010. The number of benzene rings is 3. The third-order valence-corrected chi connectivity index (χ3v) is 6.10. The Morgan fingerprint density at radius 2 is 1.22 bits per heavy atom. The molecule has 4 heteroatoms. The van der Waals surface area contributed by atoms with Crippen LogP contribution in [0.5, 0.6) is 0 Å². The largest absolute Gasteiger partial charge is 0.385 e. The van der Waals surface area contributed by atoms with Crippen molar-refractivity contribution in [3.8, 4) is 0 Å². The molecule has 0 aliphatic rings. The lowest BCUT2D eigenvalue weighted by Crippen LogP contribution is -2.54. The molecule has 36 heavy (non-hydrogen) atoms. The van der Waals surface area contributed by atoms with Crippen LogP contribution in [-0.4, -0.2) is 29.5 Å². The molecule has 0 radical (unpaired) electrons. The van der Waals surface area contributed by atoms with Crippen molar-refractivity contribution in [1.29, 1.82) is 0 Å². The second-order valence-electron chi connectivity index (χ2n) is 8.98. The lowest BCUT2D eigenvalue weighted by Gasteiger charge is -2.39. The highest BCUT2D eigenvalue weighted by Gasteiger charge is 2.42. The fraction of sp³-hybridized carbons (Fsp3) is 0.312. The van der Waals surface area contributed by atoms with E-state index < -0.39 is 17.8 Å². The van der Waals surface area contributed by atoms with Gasteiger partial charge in [0.1, 0.15) is 17.8 Å². The molecule has 3 aromatic carbocycles. The normalized spacial score (nSPS) is 14.5. The van der Waals surface area contributed by atoms with Crippen LogP contribution in [0.1, 0.15) is 36.0 Å². The zero-order valence-corrected chi connectivity index (χ0v) is 21.0. The highest BCUT2D eigenvalue weighted by Crippen LogP contribution is 2.29. The molecule has 0 spiro atoms. The molecule has 3 atom stereocenters. The first-order chi connectivity index (χ1) is 17.6. The van der Waals surface area contributed by atoms with Gasteiger partial charge in [0.05, 0.1) is 26.4 Å². The standard InChI is InChI=1S/C32H38O4/c1-3-5-15-22-32(33,26-34-23-27-16-9-6-10-17-27)31(36-25-29-20-13-8-14-21-29)30(4-2)35-24-28-18-11-7-12-19-28/h3-4,6-14,16-21,30-31,33H,1-2,5,15,22-26H2/t30-,31+,32-/m1/s1. The summed E-state index contributed by atoms with van der Waals surface area (Å²) in [6.07, 6.45) is 4.38. The maximum atomic E-state index is 12.0. The van der Waals surface area contributed by atoms with Crippen molar-refractivity contribution in [3.63, 3.8) is 0 Å². The molecule has 0 bridgehead atoms. The summed E-state index contributed by atoms with van der Waals surface area (Å²) in [5, 5.41) is 12.0. The molecule has 0 heterocycles. The van der Waals surface area contributed by atoms with Gasteiger partial charge in [-0.25, -0.2) is 0 Å². The maximum Gasteiger partial charge on any atom is 0.119 e. The summed E-state index contributed by atoms with van der Waals surface area (Å²) in [6.45, 7) is 9.08. The maximum absolute atomic E-state index is 12.0. The summed E-state index contributed by atoms with van der Waals surface area (Å²) < 4.78 is 18.7. The summed E-state index contributed by atoms with van der Waals surface area (Å²) in [6, 6.07) is 29.8. The van der Waals surface area contributed by atoms with Gasteiger partial charge in [0.25, 0.3) is 0 Å². The van der Waals surface area contributed by atoms with Crippen molar-refractivity contribution in [2.24, 2.45) is 0 Å². The van der Waals surface area contributed by atoms with E-state index in [1.54, 1.807) is 6.08 Å². The number of unbranched alkanes of at least 4 members (excludes halogenated alkanes) is 1. The van der Waals surface area contributed by atoms with Crippen LogP contribution in [0.4, 0.5) is 0 Å². The number of hydrogen-bond donors (Lipinski definition) is 1. The van der Waals surface area contributed by atoms with Crippen LogP contribution in [-0.2, 0) is 34.0 Å². The molecule has 190 valence electrons. The first-order valence-electron chi connectivity index (χ1n) is 12.5. The molecule has 0 amide bonds. The highest BCUT2D eigenvalue weighted by molar-refractivity contribution is 5.16. The van der Waals surface area contributed by atoms with Crippen LogP contribution in [0.2, 0.25) is 0 Å². The van der Waals surface area contributed by atoms with Crippen molar-refractivity contribution in [2.45, 2.75) is 56.9 Å². The van der Waals surface area contributed by atoms with E-state index in [9.17, 15) is 5.11 Å². The minimum Gasteiger partial charge on any atom is -0.385 e. The van der Waals surface area contributed by atoms with Crippen LogP contribution in [0.15, 0.2) is 116 Å².